The van der Waals surface area contributed by atoms with Crippen LogP contribution in [0.4, 0.5) is 0 Å². The molecule has 2 heterocycles. The zero-order chi connectivity index (χ0) is 18.0. The van der Waals surface area contributed by atoms with Crippen LogP contribution in [0.5, 0.6) is 0 Å². The first-order chi connectivity index (χ1) is 11.9. The number of rotatable bonds is 5. The predicted molar refractivity (Wildman–Crippen MR) is 93.8 cm³/mol. The highest BCUT2D eigenvalue weighted by molar-refractivity contribution is 6.00. The summed E-state index contributed by atoms with van der Waals surface area (Å²) in [5.74, 6) is -2.02. The Morgan fingerprint density at radius 2 is 1.68 bits per heavy atom. The summed E-state index contributed by atoms with van der Waals surface area (Å²) in [5, 5.41) is 0. The van der Waals surface area contributed by atoms with Crippen molar-refractivity contribution in [3.8, 4) is 0 Å². The van der Waals surface area contributed by atoms with E-state index in [1.54, 1.807) is 19.1 Å². The minimum atomic E-state index is -0.997. The van der Waals surface area contributed by atoms with Gasteiger partial charge in [-0.05, 0) is 12.5 Å². The Balaban J connectivity index is 1.72. The number of carbonyl (C=O) groups is 2. The zero-order valence-electron chi connectivity index (χ0n) is 15.3. The Labute approximate surface area is 149 Å². The number of benzene rings is 1. The zero-order valence-corrected chi connectivity index (χ0v) is 15.3. The molecule has 0 aromatic heterocycles. The summed E-state index contributed by atoms with van der Waals surface area (Å²) in [6.45, 7) is 1.98. The first-order valence-electron chi connectivity index (χ1n) is 9.19. The number of ether oxygens (including phenoxy) is 2. The normalized spacial score (nSPS) is 28.2. The van der Waals surface area contributed by atoms with Crippen molar-refractivity contribution in [2.75, 3.05) is 20.7 Å². The number of fused-ring (bicyclic) bond motifs is 2. The first-order valence-corrected chi connectivity index (χ1v) is 9.19. The minimum absolute atomic E-state index is 0.100. The van der Waals surface area contributed by atoms with Crippen LogP contribution in [0.25, 0.3) is 0 Å². The van der Waals surface area contributed by atoms with Gasteiger partial charge in [-0.3, -0.25) is 9.59 Å². The van der Waals surface area contributed by atoms with Crippen LogP contribution >= 0.6 is 0 Å². The van der Waals surface area contributed by atoms with E-state index in [1.807, 2.05) is 18.2 Å². The van der Waals surface area contributed by atoms with Gasteiger partial charge in [-0.2, -0.15) is 0 Å². The van der Waals surface area contributed by atoms with Gasteiger partial charge in [-0.15, -0.1) is 0 Å². The summed E-state index contributed by atoms with van der Waals surface area (Å²) in [4.78, 5) is 25.1. The lowest BCUT2D eigenvalue weighted by molar-refractivity contribution is -0.931. The molecular weight excluding hydrogens is 318 g/mol. The van der Waals surface area contributed by atoms with Crippen molar-refractivity contribution in [1.29, 1.82) is 0 Å². The van der Waals surface area contributed by atoms with Crippen LogP contribution in [0.15, 0.2) is 30.3 Å². The highest BCUT2D eigenvalue weighted by atomic mass is 16.6. The highest BCUT2D eigenvalue weighted by Crippen LogP contribution is 2.40. The molecule has 3 rings (SSSR count). The third kappa shape index (κ3) is 3.56. The second kappa shape index (κ2) is 7.16. The lowest BCUT2D eigenvalue weighted by Gasteiger charge is -2.43. The average Bonchev–Trinajstić information content (AvgIpc) is 2.75. The number of quaternary nitrogens is 1. The molecule has 2 fully saturated rings. The Hall–Kier alpha value is -1.88. The molecule has 5 heteroatoms. The van der Waals surface area contributed by atoms with E-state index in [9.17, 15) is 9.59 Å². The van der Waals surface area contributed by atoms with E-state index in [1.165, 1.54) is 12.8 Å². The molecule has 0 radical (unpaired) electrons. The number of hydrogen-bond acceptors (Lipinski definition) is 4. The van der Waals surface area contributed by atoms with E-state index < -0.39 is 17.9 Å². The maximum Gasteiger partial charge on any atom is 0.325 e. The molecule has 0 amide bonds. The molecule has 1 aromatic rings. The number of hydrogen-bond donors (Lipinski definition) is 0. The van der Waals surface area contributed by atoms with Gasteiger partial charge in [0.05, 0.1) is 32.8 Å². The maximum atomic E-state index is 12.8. The Bertz CT molecular complexity index is 612. The smallest absolute Gasteiger partial charge is 0.325 e. The fourth-order valence-electron chi connectivity index (χ4n) is 4.40. The topological polar surface area (TPSA) is 52.6 Å². The molecule has 2 bridgehead atoms. The van der Waals surface area contributed by atoms with Crippen LogP contribution in [-0.4, -0.2) is 55.3 Å². The van der Waals surface area contributed by atoms with E-state index in [2.05, 4.69) is 14.1 Å². The van der Waals surface area contributed by atoms with Gasteiger partial charge in [0.2, 0.25) is 0 Å². The summed E-state index contributed by atoms with van der Waals surface area (Å²) in [5.41, 5.74) is 0.626. The standard InChI is InChI=1S/C20H28NO4/c1-4-24-19(22)18(14-8-6-5-7-9-14)20(23)25-17-12-15-10-11-16(13-17)21(15,2)3/h5-9,15-18H,4,10-13H2,1-3H3/q+1/t15-,16+,17?,18?. The van der Waals surface area contributed by atoms with E-state index in [-0.39, 0.29) is 12.7 Å². The molecular formula is C20H28NO4+. The number of carbonyl (C=O) groups excluding carboxylic acids is 2. The molecule has 2 aliphatic rings. The lowest BCUT2D eigenvalue weighted by Crippen LogP contribution is -2.56. The monoisotopic (exact) mass is 346 g/mol. The molecule has 136 valence electrons. The molecule has 5 nitrogen and oxygen atoms in total. The Morgan fingerprint density at radius 3 is 2.24 bits per heavy atom. The third-order valence-electron chi connectivity index (χ3n) is 5.96. The second-order valence-electron chi connectivity index (χ2n) is 7.64. The van der Waals surface area contributed by atoms with Crippen LogP contribution in [0.1, 0.15) is 44.1 Å². The molecule has 2 aliphatic heterocycles. The van der Waals surface area contributed by atoms with Crippen LogP contribution in [0, 0.1) is 0 Å². The molecule has 0 aliphatic carbocycles. The van der Waals surface area contributed by atoms with E-state index in [0.717, 1.165) is 17.3 Å². The number of nitrogens with zero attached hydrogens (tertiary/aromatic N) is 1. The van der Waals surface area contributed by atoms with E-state index >= 15 is 0 Å². The summed E-state index contributed by atoms with van der Waals surface area (Å²) in [6, 6.07) is 10.1. The quantitative estimate of drug-likeness (QED) is 0.467. The number of esters is 2. The van der Waals surface area contributed by atoms with Gasteiger partial charge in [0, 0.05) is 25.7 Å². The fraction of sp³-hybridized carbons (Fsp3) is 0.600. The van der Waals surface area contributed by atoms with Gasteiger partial charge in [0.15, 0.2) is 5.92 Å². The summed E-state index contributed by atoms with van der Waals surface area (Å²) < 4.78 is 11.9. The lowest BCUT2D eigenvalue weighted by atomic mass is 9.96. The van der Waals surface area contributed by atoms with Crippen molar-refractivity contribution < 1.29 is 23.5 Å². The van der Waals surface area contributed by atoms with Crippen molar-refractivity contribution in [3.63, 3.8) is 0 Å². The van der Waals surface area contributed by atoms with Crippen LogP contribution < -0.4 is 0 Å². The largest absolute Gasteiger partial charge is 0.465 e. The van der Waals surface area contributed by atoms with E-state index in [0.29, 0.717) is 17.6 Å². The minimum Gasteiger partial charge on any atom is -0.465 e. The van der Waals surface area contributed by atoms with Crippen LogP contribution in [-0.2, 0) is 19.1 Å². The summed E-state index contributed by atoms with van der Waals surface area (Å²) >= 11 is 0. The summed E-state index contributed by atoms with van der Waals surface area (Å²) in [6.07, 6.45) is 4.02. The molecule has 25 heavy (non-hydrogen) atoms. The predicted octanol–water partition coefficient (Wildman–Crippen LogP) is 2.65. The average molecular weight is 346 g/mol. The Kier molecular flexibility index (Phi) is 5.13. The van der Waals surface area contributed by atoms with Crippen molar-refractivity contribution in [2.45, 2.75) is 56.7 Å². The van der Waals surface area contributed by atoms with Crippen molar-refractivity contribution in [2.24, 2.45) is 0 Å². The van der Waals surface area contributed by atoms with Gasteiger partial charge in [0.25, 0.3) is 0 Å². The second-order valence-corrected chi connectivity index (χ2v) is 7.64. The van der Waals surface area contributed by atoms with Crippen LogP contribution in [0.3, 0.4) is 0 Å². The highest BCUT2D eigenvalue weighted by Gasteiger charge is 2.50. The van der Waals surface area contributed by atoms with Gasteiger partial charge >= 0.3 is 11.9 Å². The molecule has 2 saturated heterocycles. The SMILES string of the molecule is CCOC(=O)C(C(=O)OC1C[C@H]2CC[C@@H](C1)[N+]2(C)C)c1ccccc1. The van der Waals surface area contributed by atoms with Crippen LogP contribution in [0.2, 0.25) is 0 Å². The molecule has 0 N–H and O–H groups in total. The van der Waals surface area contributed by atoms with Crippen molar-refractivity contribution in [3.05, 3.63) is 35.9 Å². The Morgan fingerprint density at radius 1 is 1.08 bits per heavy atom. The van der Waals surface area contributed by atoms with Gasteiger partial charge in [-0.1, -0.05) is 30.3 Å². The molecule has 1 aromatic carbocycles. The number of piperidine rings is 1. The molecule has 0 saturated carbocycles. The van der Waals surface area contributed by atoms with Gasteiger partial charge in [0.1, 0.15) is 6.10 Å². The molecule has 0 spiro atoms. The molecule has 2 unspecified atom stereocenters. The fourth-order valence-corrected chi connectivity index (χ4v) is 4.40. The third-order valence-corrected chi connectivity index (χ3v) is 5.96. The molecule has 4 atom stereocenters. The first kappa shape index (κ1) is 17.9. The van der Waals surface area contributed by atoms with Gasteiger partial charge in [-0.25, -0.2) is 0 Å². The summed E-state index contributed by atoms with van der Waals surface area (Å²) in [7, 11) is 4.54. The van der Waals surface area contributed by atoms with Crippen molar-refractivity contribution >= 4 is 11.9 Å². The maximum absolute atomic E-state index is 12.8. The van der Waals surface area contributed by atoms with Gasteiger partial charge < -0.3 is 14.0 Å². The van der Waals surface area contributed by atoms with E-state index in [4.69, 9.17) is 9.47 Å². The van der Waals surface area contributed by atoms with Crippen molar-refractivity contribution in [1.82, 2.24) is 0 Å².